The zero-order valence-corrected chi connectivity index (χ0v) is 54.2. The van der Waals surface area contributed by atoms with Gasteiger partial charge in [-0.1, -0.05) is 191 Å². The molecule has 466 valence electrons. The zero-order chi connectivity index (χ0) is 60.0. The van der Waals surface area contributed by atoms with Crippen molar-refractivity contribution in [2.75, 3.05) is 12.4 Å². The summed E-state index contributed by atoms with van der Waals surface area (Å²) in [5.41, 5.74) is 5.42. The summed E-state index contributed by atoms with van der Waals surface area (Å²) >= 11 is 1.62. The molecule has 4 aromatic rings. The molecule has 9 rings (SSSR count). The van der Waals surface area contributed by atoms with Crippen LogP contribution >= 0.6 is 11.8 Å². The van der Waals surface area contributed by atoms with Crippen molar-refractivity contribution >= 4 is 35.6 Å². The molecule has 5 aliphatic carbocycles. The van der Waals surface area contributed by atoms with Gasteiger partial charge in [0.25, 0.3) is 5.22 Å². The number of nitrogens with zero attached hydrogens (tertiary/aromatic N) is 3. The van der Waals surface area contributed by atoms with E-state index in [1.165, 1.54) is 148 Å². The smallest absolute Gasteiger partial charge is 0.343 e. The molecule has 0 amide bonds. The third kappa shape index (κ3) is 18.9. The summed E-state index contributed by atoms with van der Waals surface area (Å²) in [7, 11) is 0. The number of thioether (sulfide) groups is 1. The van der Waals surface area contributed by atoms with Crippen molar-refractivity contribution in [3.8, 4) is 23.0 Å². The molecule has 0 radical (unpaired) electrons. The van der Waals surface area contributed by atoms with E-state index in [0.717, 1.165) is 102 Å². The summed E-state index contributed by atoms with van der Waals surface area (Å²) in [6.45, 7) is 13.3. The first-order valence-electron chi connectivity index (χ1n) is 34.3. The van der Waals surface area contributed by atoms with Crippen LogP contribution in [-0.4, -0.2) is 46.8 Å². The number of esters is 2. The summed E-state index contributed by atoms with van der Waals surface area (Å²) in [5.74, 6) is 8.04. The van der Waals surface area contributed by atoms with Crippen LogP contribution in [0.25, 0.3) is 11.5 Å². The van der Waals surface area contributed by atoms with Gasteiger partial charge >= 0.3 is 11.9 Å². The monoisotopic (exact) mass is 1190 g/mol. The minimum Gasteiger partial charge on any atom is -0.494 e. The van der Waals surface area contributed by atoms with Crippen molar-refractivity contribution in [1.29, 1.82) is 0 Å². The molecule has 0 aliphatic heterocycles. The van der Waals surface area contributed by atoms with E-state index in [-0.39, 0.29) is 17.5 Å². The standard InChI is InChI=1S/C76H105N3O6S/c1-56(2)26-25-27-57(3)68-46-47-69-67-45-38-62-54-66(48-50-75(62,4)70(67)49-51-76(68,69)5)83-71(80)31-20-16-12-8-10-14-18-24-53-86-74-79-78-72(85-74)60-34-39-63(40-35-60)77-55-59-32-41-65(42-33-59)84-73(81)61-36-43-64(44-37-61)82-52-23-17-13-9-6-7-11-15-19-28-58-29-21-22-30-58/h21-22,29-30,32-44,55-58,66-70H,6-20,23-28,31,45-54H2,1-5H3/t57-,66?,67+,68-,69+,70+,75+,76-/m1/s1. The van der Waals surface area contributed by atoms with E-state index in [1.807, 2.05) is 48.5 Å². The van der Waals surface area contributed by atoms with E-state index in [0.29, 0.717) is 46.8 Å². The highest BCUT2D eigenvalue weighted by molar-refractivity contribution is 7.99. The van der Waals surface area contributed by atoms with Gasteiger partial charge in [0.15, 0.2) is 0 Å². The molecule has 0 saturated heterocycles. The second kappa shape index (κ2) is 33.4. The Kier molecular flexibility index (Phi) is 25.3. The number of carbonyl (C=O) groups is 2. The lowest BCUT2D eigenvalue weighted by Gasteiger charge is -2.58. The Bertz CT molecular complexity index is 2800. The Balaban J connectivity index is 0.570. The molecular weight excluding hydrogens is 1080 g/mol. The van der Waals surface area contributed by atoms with Crippen LogP contribution < -0.4 is 9.47 Å². The minimum atomic E-state index is -0.412. The number of hydrogen-bond donors (Lipinski definition) is 0. The lowest BCUT2D eigenvalue weighted by molar-refractivity contribution is -0.151. The average Bonchev–Trinajstić information content (AvgIpc) is 2.02. The Labute approximate surface area is 522 Å². The summed E-state index contributed by atoms with van der Waals surface area (Å²) in [4.78, 5) is 30.6. The fraction of sp³-hybridized carbons (Fsp3) is 0.618. The average molecular weight is 1190 g/mol. The largest absolute Gasteiger partial charge is 0.494 e. The SMILES string of the molecule is CC(C)CCC[C@@H](C)[C@H]1CC[C@H]2[C@@H]3CC=C4CC(OC(=O)CCCCCCCCCCSc5nnc(-c6ccc(N=Cc7ccc(OC(=O)c8ccc(OCCCCCCCCCCCC9C=CC=C9)cc8)cc7)cc6)o5)CC[C@]4(C)[C@H]3CC[C@]12C. The lowest BCUT2D eigenvalue weighted by atomic mass is 9.47. The molecule has 0 N–H and O–H groups in total. The van der Waals surface area contributed by atoms with Gasteiger partial charge < -0.3 is 18.6 Å². The molecule has 5 aliphatic rings. The van der Waals surface area contributed by atoms with Crippen LogP contribution in [0.3, 0.4) is 0 Å². The Hall–Kier alpha value is -5.22. The second-order valence-corrected chi connectivity index (χ2v) is 28.5. The van der Waals surface area contributed by atoms with Crippen molar-refractivity contribution in [2.24, 2.45) is 57.2 Å². The van der Waals surface area contributed by atoms with Crippen LogP contribution in [0.15, 0.2) is 123 Å². The predicted molar refractivity (Wildman–Crippen MR) is 353 cm³/mol. The Morgan fingerprint density at radius 1 is 0.698 bits per heavy atom. The van der Waals surface area contributed by atoms with Crippen molar-refractivity contribution in [1.82, 2.24) is 10.2 Å². The Morgan fingerprint density at radius 2 is 1.37 bits per heavy atom. The van der Waals surface area contributed by atoms with Gasteiger partial charge in [0.2, 0.25) is 5.89 Å². The molecular formula is C76H105N3O6S. The van der Waals surface area contributed by atoms with Gasteiger partial charge in [-0.25, -0.2) is 4.79 Å². The summed E-state index contributed by atoms with van der Waals surface area (Å²) in [6.07, 6.45) is 50.2. The number of fused-ring (bicyclic) bond motifs is 5. The third-order valence-electron chi connectivity index (χ3n) is 20.9. The fourth-order valence-corrected chi connectivity index (χ4v) is 16.6. The summed E-state index contributed by atoms with van der Waals surface area (Å²) in [6, 6.07) is 22.2. The van der Waals surface area contributed by atoms with Gasteiger partial charge in [-0.15, -0.1) is 10.2 Å². The number of hydrogen-bond acceptors (Lipinski definition) is 10. The molecule has 86 heavy (non-hydrogen) atoms. The molecule has 3 saturated carbocycles. The molecule has 1 unspecified atom stereocenters. The summed E-state index contributed by atoms with van der Waals surface area (Å²) < 4.78 is 23.8. The first-order valence-corrected chi connectivity index (χ1v) is 35.3. The van der Waals surface area contributed by atoms with Gasteiger partial charge in [-0.3, -0.25) is 9.79 Å². The maximum absolute atomic E-state index is 13.0. The number of carbonyl (C=O) groups excluding carboxylic acids is 2. The van der Waals surface area contributed by atoms with Gasteiger partial charge in [-0.05, 0) is 201 Å². The van der Waals surface area contributed by atoms with Crippen molar-refractivity contribution in [3.63, 3.8) is 0 Å². The highest BCUT2D eigenvalue weighted by Crippen LogP contribution is 2.67. The highest BCUT2D eigenvalue weighted by atomic mass is 32.2. The normalized spacial score (nSPS) is 23.7. The van der Waals surface area contributed by atoms with Crippen LogP contribution in [0, 0.1) is 52.3 Å². The quantitative estimate of drug-likeness (QED) is 0.0110. The predicted octanol–water partition coefficient (Wildman–Crippen LogP) is 21.3. The first kappa shape index (κ1) is 65.2. The van der Waals surface area contributed by atoms with E-state index < -0.39 is 5.97 Å². The van der Waals surface area contributed by atoms with Gasteiger partial charge in [0.05, 0.1) is 17.9 Å². The van der Waals surface area contributed by atoms with Crippen molar-refractivity contribution in [3.05, 3.63) is 120 Å². The molecule has 1 heterocycles. The van der Waals surface area contributed by atoms with Gasteiger partial charge in [0.1, 0.15) is 17.6 Å². The Morgan fingerprint density at radius 3 is 2.09 bits per heavy atom. The van der Waals surface area contributed by atoms with E-state index in [1.54, 1.807) is 47.8 Å². The molecule has 0 bridgehead atoms. The molecule has 9 nitrogen and oxygen atoms in total. The van der Waals surface area contributed by atoms with Gasteiger partial charge in [0, 0.05) is 30.4 Å². The molecule has 10 heteroatoms. The van der Waals surface area contributed by atoms with E-state index in [4.69, 9.17) is 18.6 Å². The molecule has 3 aromatic carbocycles. The zero-order valence-electron chi connectivity index (χ0n) is 53.3. The van der Waals surface area contributed by atoms with Crippen LogP contribution in [0.5, 0.6) is 11.5 Å². The van der Waals surface area contributed by atoms with Crippen LogP contribution in [-0.2, 0) is 9.53 Å². The molecule has 3 fully saturated rings. The maximum Gasteiger partial charge on any atom is 0.343 e. The molecule has 0 spiro atoms. The van der Waals surface area contributed by atoms with E-state index in [2.05, 4.69) is 80.2 Å². The van der Waals surface area contributed by atoms with Crippen molar-refractivity contribution < 1.29 is 28.2 Å². The van der Waals surface area contributed by atoms with Crippen LogP contribution in [0.1, 0.15) is 243 Å². The molecule has 1 aromatic heterocycles. The van der Waals surface area contributed by atoms with Crippen LogP contribution in [0.4, 0.5) is 5.69 Å². The minimum absolute atomic E-state index is 0.0152. The number of benzene rings is 3. The number of allylic oxidation sites excluding steroid dienone is 5. The topological polar surface area (TPSA) is 113 Å². The van der Waals surface area contributed by atoms with Gasteiger partial charge in [-0.2, -0.15) is 0 Å². The fourth-order valence-electron chi connectivity index (χ4n) is 15.9. The van der Waals surface area contributed by atoms with Crippen molar-refractivity contribution in [2.45, 2.75) is 239 Å². The highest BCUT2D eigenvalue weighted by Gasteiger charge is 2.59. The number of rotatable bonds is 36. The van der Waals surface area contributed by atoms with Crippen LogP contribution in [0.2, 0.25) is 0 Å². The number of aromatic nitrogens is 2. The second-order valence-electron chi connectivity index (χ2n) is 27.5. The number of unbranched alkanes of at least 4 members (excludes halogenated alkanes) is 15. The maximum atomic E-state index is 13.0. The number of ether oxygens (including phenoxy) is 3. The van der Waals surface area contributed by atoms with E-state index >= 15 is 0 Å². The molecule has 8 atom stereocenters. The lowest BCUT2D eigenvalue weighted by Crippen LogP contribution is -2.51. The van der Waals surface area contributed by atoms with E-state index in [9.17, 15) is 9.59 Å². The summed E-state index contributed by atoms with van der Waals surface area (Å²) in [5, 5.41) is 9.19. The third-order valence-corrected chi connectivity index (χ3v) is 21.8. The first-order chi connectivity index (χ1) is 41.9. The number of aliphatic imine (C=N–C) groups is 1.